The van der Waals surface area contributed by atoms with Gasteiger partial charge in [0.25, 0.3) is 0 Å². The maximum atomic E-state index is 5.63. The topological polar surface area (TPSA) is 26.0 Å². The van der Waals surface area contributed by atoms with Crippen molar-refractivity contribution >= 4 is 5.69 Å². The fourth-order valence-corrected chi connectivity index (χ4v) is 0.806. The van der Waals surface area contributed by atoms with Crippen LogP contribution in [0.2, 0.25) is 0 Å². The Kier molecular flexibility index (Phi) is 2.11. The van der Waals surface area contributed by atoms with E-state index in [0.717, 1.165) is 17.7 Å². The molecule has 0 amide bonds. The first-order valence-electron chi connectivity index (χ1n) is 3.20. The van der Waals surface area contributed by atoms with Gasteiger partial charge in [-0.2, -0.15) is 0 Å². The second-order valence-electron chi connectivity index (χ2n) is 2.10. The van der Waals surface area contributed by atoms with Crippen LogP contribution in [0.25, 0.3) is 0 Å². The third-order valence-electron chi connectivity index (χ3n) is 1.33. The highest BCUT2D eigenvalue weighted by atomic mass is 14.5. The van der Waals surface area contributed by atoms with Crippen LogP contribution in [-0.2, 0) is 6.42 Å². The minimum atomic E-state index is 0.794. The molecule has 1 aromatic carbocycles. The normalized spacial score (nSPS) is 9.20. The number of allylic oxidation sites excluding steroid dienone is 1. The molecule has 1 aromatic rings. The summed E-state index contributed by atoms with van der Waals surface area (Å²) < 4.78 is 0. The van der Waals surface area contributed by atoms with E-state index in [1.807, 2.05) is 24.3 Å². The molecule has 0 bridgehead atoms. The maximum Gasteiger partial charge on any atom is 0.0355 e. The Bertz CT molecular complexity index is 228. The first-order valence-corrected chi connectivity index (χ1v) is 3.20. The van der Waals surface area contributed by atoms with Crippen molar-refractivity contribution in [3.05, 3.63) is 42.5 Å². The molecule has 0 aromatic heterocycles. The molecule has 1 nitrogen and oxygen atoms in total. The average Bonchev–Trinajstić information content (AvgIpc) is 1.94. The summed E-state index contributed by atoms with van der Waals surface area (Å²) >= 11 is 0. The maximum absolute atomic E-state index is 5.63. The molecule has 0 aliphatic heterocycles. The van der Waals surface area contributed by atoms with Crippen molar-refractivity contribution in [2.24, 2.45) is 0 Å². The summed E-state index contributed by atoms with van der Waals surface area (Å²) in [5.41, 5.74) is 7.45. The van der Waals surface area contributed by atoms with E-state index in [9.17, 15) is 0 Å². The number of benzene rings is 1. The lowest BCUT2D eigenvalue weighted by atomic mass is 10.1. The van der Waals surface area contributed by atoms with E-state index in [0.29, 0.717) is 0 Å². The molecule has 0 heterocycles. The lowest BCUT2D eigenvalue weighted by molar-refractivity contribution is 1.28. The molecule has 1 rings (SSSR count). The fraction of sp³-hybridized carbons (Fsp3) is 0.111. The van der Waals surface area contributed by atoms with Crippen LogP contribution >= 0.6 is 0 Å². The van der Waals surface area contributed by atoms with Gasteiger partial charge in [-0.25, -0.2) is 0 Å². The van der Waals surface area contributed by atoms with E-state index >= 15 is 0 Å². The third-order valence-corrected chi connectivity index (χ3v) is 1.33. The molecule has 0 saturated carbocycles. The predicted molar refractivity (Wildman–Crippen MR) is 43.6 cm³/mol. The summed E-state index contributed by atoms with van der Waals surface area (Å²) in [5, 5.41) is 0. The van der Waals surface area contributed by atoms with Crippen molar-refractivity contribution < 1.29 is 0 Å². The molecule has 2 N–H and O–H groups in total. The van der Waals surface area contributed by atoms with E-state index in [1.54, 1.807) is 0 Å². The van der Waals surface area contributed by atoms with E-state index in [-0.39, 0.29) is 0 Å². The standard InChI is InChI=1S/C9H10N/c1-2-5-8-6-3-4-7-9(8)10/h2-4,7H,1,5,10H2. The summed E-state index contributed by atoms with van der Waals surface area (Å²) in [6, 6.07) is 8.64. The van der Waals surface area contributed by atoms with Gasteiger partial charge in [0, 0.05) is 5.69 Å². The summed E-state index contributed by atoms with van der Waals surface area (Å²) in [5.74, 6) is 0. The zero-order valence-corrected chi connectivity index (χ0v) is 5.80. The first-order chi connectivity index (χ1) is 4.84. The zero-order chi connectivity index (χ0) is 7.40. The minimum Gasteiger partial charge on any atom is -0.398 e. The zero-order valence-electron chi connectivity index (χ0n) is 5.80. The van der Waals surface area contributed by atoms with Crippen molar-refractivity contribution in [3.8, 4) is 0 Å². The van der Waals surface area contributed by atoms with E-state index in [4.69, 9.17) is 5.73 Å². The smallest absolute Gasteiger partial charge is 0.0355 e. The van der Waals surface area contributed by atoms with Gasteiger partial charge in [-0.05, 0) is 24.1 Å². The Morgan fingerprint density at radius 1 is 1.70 bits per heavy atom. The summed E-state index contributed by atoms with van der Waals surface area (Å²) in [7, 11) is 0. The van der Waals surface area contributed by atoms with Crippen molar-refractivity contribution in [1.29, 1.82) is 0 Å². The van der Waals surface area contributed by atoms with Gasteiger partial charge < -0.3 is 5.73 Å². The molecular formula is C9H10N. The first kappa shape index (κ1) is 6.87. The molecule has 0 fully saturated rings. The van der Waals surface area contributed by atoms with Crippen LogP contribution in [0.5, 0.6) is 0 Å². The SMILES string of the molecule is C=CCc1[c]cccc1N. The van der Waals surface area contributed by atoms with Crippen molar-refractivity contribution in [2.45, 2.75) is 6.42 Å². The number of anilines is 1. The summed E-state index contributed by atoms with van der Waals surface area (Å²) in [6.07, 6.45) is 2.62. The summed E-state index contributed by atoms with van der Waals surface area (Å²) in [4.78, 5) is 0. The van der Waals surface area contributed by atoms with Crippen LogP contribution in [0.15, 0.2) is 30.9 Å². The second kappa shape index (κ2) is 3.06. The molecule has 0 aliphatic carbocycles. The van der Waals surface area contributed by atoms with Crippen molar-refractivity contribution in [2.75, 3.05) is 5.73 Å². The molecular weight excluding hydrogens is 122 g/mol. The Hall–Kier alpha value is -1.24. The second-order valence-corrected chi connectivity index (χ2v) is 2.10. The van der Waals surface area contributed by atoms with Crippen molar-refractivity contribution in [3.63, 3.8) is 0 Å². The summed E-state index contributed by atoms with van der Waals surface area (Å²) in [6.45, 7) is 3.62. The number of nitrogen functional groups attached to an aromatic ring is 1. The van der Waals surface area contributed by atoms with Crippen LogP contribution in [0.4, 0.5) is 5.69 Å². The molecule has 1 heteroatoms. The number of hydrogen-bond acceptors (Lipinski definition) is 1. The van der Waals surface area contributed by atoms with Gasteiger partial charge in [0.1, 0.15) is 0 Å². The molecule has 51 valence electrons. The van der Waals surface area contributed by atoms with Gasteiger partial charge in [-0.3, -0.25) is 0 Å². The van der Waals surface area contributed by atoms with Crippen LogP contribution in [0.3, 0.4) is 0 Å². The molecule has 1 radical (unpaired) electrons. The largest absolute Gasteiger partial charge is 0.398 e. The predicted octanol–water partition coefficient (Wildman–Crippen LogP) is 1.80. The fourth-order valence-electron chi connectivity index (χ4n) is 0.806. The molecule has 0 saturated heterocycles. The number of nitrogens with two attached hydrogens (primary N) is 1. The van der Waals surface area contributed by atoms with Gasteiger partial charge >= 0.3 is 0 Å². The Morgan fingerprint density at radius 2 is 2.50 bits per heavy atom. The van der Waals surface area contributed by atoms with Gasteiger partial charge in [0.2, 0.25) is 0 Å². The average molecular weight is 132 g/mol. The highest BCUT2D eigenvalue weighted by Gasteiger charge is 1.92. The van der Waals surface area contributed by atoms with Gasteiger partial charge in [0.05, 0.1) is 0 Å². The highest BCUT2D eigenvalue weighted by molar-refractivity contribution is 5.46. The number of rotatable bonds is 2. The number of hydrogen-bond donors (Lipinski definition) is 1. The molecule has 0 unspecified atom stereocenters. The Balaban J connectivity index is 2.91. The Morgan fingerprint density at radius 3 is 3.10 bits per heavy atom. The van der Waals surface area contributed by atoms with E-state index in [1.165, 1.54) is 0 Å². The lowest BCUT2D eigenvalue weighted by Crippen LogP contribution is -1.91. The van der Waals surface area contributed by atoms with Gasteiger partial charge in [-0.1, -0.05) is 18.2 Å². The highest BCUT2D eigenvalue weighted by Crippen LogP contribution is 2.09. The lowest BCUT2D eigenvalue weighted by Gasteiger charge is -1.98. The molecule has 0 atom stereocenters. The molecule has 10 heavy (non-hydrogen) atoms. The Labute approximate surface area is 61.2 Å². The van der Waals surface area contributed by atoms with Crippen LogP contribution in [0.1, 0.15) is 5.56 Å². The van der Waals surface area contributed by atoms with E-state index < -0.39 is 0 Å². The monoisotopic (exact) mass is 132 g/mol. The molecule has 0 spiro atoms. The quantitative estimate of drug-likeness (QED) is 0.482. The van der Waals surface area contributed by atoms with Crippen LogP contribution < -0.4 is 5.73 Å². The van der Waals surface area contributed by atoms with Gasteiger partial charge in [0.15, 0.2) is 0 Å². The van der Waals surface area contributed by atoms with Crippen LogP contribution in [-0.4, -0.2) is 0 Å². The minimum absolute atomic E-state index is 0.794. The van der Waals surface area contributed by atoms with E-state index in [2.05, 4.69) is 12.6 Å². The van der Waals surface area contributed by atoms with Gasteiger partial charge in [-0.15, -0.1) is 6.58 Å². The van der Waals surface area contributed by atoms with Crippen molar-refractivity contribution in [1.82, 2.24) is 0 Å². The van der Waals surface area contributed by atoms with Crippen LogP contribution in [0, 0.1) is 6.07 Å². The molecule has 0 aliphatic rings. The third kappa shape index (κ3) is 1.38.